The lowest BCUT2D eigenvalue weighted by atomic mass is 10.2. The van der Waals surface area contributed by atoms with E-state index in [1.54, 1.807) is 22.9 Å². The van der Waals surface area contributed by atoms with E-state index in [0.29, 0.717) is 23.3 Å². The molecule has 0 saturated heterocycles. The number of aromatic nitrogens is 5. The molecule has 1 atom stereocenters. The van der Waals surface area contributed by atoms with Crippen LogP contribution in [0.1, 0.15) is 25.7 Å². The average Bonchev–Trinajstić information content (AvgIpc) is 3.06. The lowest BCUT2D eigenvalue weighted by Gasteiger charge is -2.14. The summed E-state index contributed by atoms with van der Waals surface area (Å²) in [7, 11) is 0. The van der Waals surface area contributed by atoms with Crippen molar-refractivity contribution in [3.8, 4) is 0 Å². The third kappa shape index (κ3) is 3.03. The maximum absolute atomic E-state index is 12.4. The van der Waals surface area contributed by atoms with Crippen LogP contribution in [0.25, 0.3) is 10.9 Å². The molecule has 24 heavy (non-hydrogen) atoms. The van der Waals surface area contributed by atoms with Crippen LogP contribution in [-0.4, -0.2) is 30.2 Å². The Hall–Kier alpha value is -3.03. The minimum atomic E-state index is -0.302. The number of benzene rings is 1. The van der Waals surface area contributed by atoms with Crippen molar-refractivity contribution in [1.29, 1.82) is 0 Å². The fraction of sp³-hybridized carbons (Fsp3) is 0.312. The normalized spacial score (nSPS) is 12.2. The van der Waals surface area contributed by atoms with Crippen LogP contribution in [0.5, 0.6) is 0 Å². The highest BCUT2D eigenvalue weighted by Crippen LogP contribution is 2.08. The molecule has 0 spiro atoms. The van der Waals surface area contributed by atoms with Crippen LogP contribution in [0.15, 0.2) is 41.7 Å². The molecule has 0 aliphatic rings. The van der Waals surface area contributed by atoms with E-state index in [9.17, 15) is 9.59 Å². The summed E-state index contributed by atoms with van der Waals surface area (Å²) >= 11 is 0. The molecule has 0 bridgehead atoms. The van der Waals surface area contributed by atoms with Crippen molar-refractivity contribution in [3.63, 3.8) is 0 Å². The van der Waals surface area contributed by atoms with Crippen molar-refractivity contribution in [2.75, 3.05) is 0 Å². The maximum atomic E-state index is 12.4. The van der Waals surface area contributed by atoms with Gasteiger partial charge in [-0.05, 0) is 26.0 Å². The number of nitrogens with zero attached hydrogens (tertiary/aromatic N) is 5. The van der Waals surface area contributed by atoms with Gasteiger partial charge in [0.05, 0.1) is 23.3 Å². The molecular formula is C16H18N6O2. The first-order valence-corrected chi connectivity index (χ1v) is 7.71. The molecule has 2 heterocycles. The number of carbonyl (C=O) groups is 1. The molecule has 3 rings (SSSR count). The first kappa shape index (κ1) is 15.9. The van der Waals surface area contributed by atoms with Gasteiger partial charge in [-0.15, -0.1) is 0 Å². The van der Waals surface area contributed by atoms with Gasteiger partial charge >= 0.3 is 0 Å². The Balaban J connectivity index is 1.76. The van der Waals surface area contributed by atoms with Gasteiger partial charge in [-0.3, -0.25) is 14.2 Å². The lowest BCUT2D eigenvalue weighted by molar-refractivity contribution is -0.122. The van der Waals surface area contributed by atoms with Crippen molar-refractivity contribution in [2.24, 2.45) is 0 Å². The topological polar surface area (TPSA) is 94.7 Å². The van der Waals surface area contributed by atoms with E-state index >= 15 is 0 Å². The number of nitrogens with one attached hydrogen (secondary N) is 1. The van der Waals surface area contributed by atoms with Crippen molar-refractivity contribution in [2.45, 2.75) is 33.0 Å². The minimum Gasteiger partial charge on any atom is -0.345 e. The molecule has 0 aliphatic carbocycles. The van der Waals surface area contributed by atoms with Crippen molar-refractivity contribution in [1.82, 2.24) is 29.6 Å². The quantitative estimate of drug-likeness (QED) is 0.751. The van der Waals surface area contributed by atoms with Crippen LogP contribution in [-0.2, 0) is 17.9 Å². The van der Waals surface area contributed by atoms with Gasteiger partial charge in [0.25, 0.3) is 5.56 Å². The molecule has 0 fully saturated rings. The SMILES string of the molecule is CCn1ncnc1C(C)NC(=O)Cn1cnc2ccccc2c1=O. The van der Waals surface area contributed by atoms with Gasteiger partial charge in [-0.25, -0.2) is 14.6 Å². The standard InChI is InChI=1S/C16H18N6O2/c1-3-22-15(17-9-19-22)11(2)20-14(23)8-21-10-18-13-7-5-4-6-12(13)16(21)24/h4-7,9-11H,3,8H2,1-2H3,(H,20,23). The van der Waals surface area contributed by atoms with Gasteiger partial charge in [0.1, 0.15) is 18.7 Å². The van der Waals surface area contributed by atoms with E-state index in [0.717, 1.165) is 0 Å². The van der Waals surface area contributed by atoms with Crippen LogP contribution in [0.3, 0.4) is 0 Å². The van der Waals surface area contributed by atoms with E-state index in [1.165, 1.54) is 17.2 Å². The molecule has 0 saturated carbocycles. The zero-order chi connectivity index (χ0) is 17.1. The fourth-order valence-electron chi connectivity index (χ4n) is 2.58. The molecule has 0 aliphatic heterocycles. The predicted octanol–water partition coefficient (Wildman–Crippen LogP) is 0.885. The van der Waals surface area contributed by atoms with E-state index in [-0.39, 0.29) is 24.1 Å². The summed E-state index contributed by atoms with van der Waals surface area (Å²) in [5, 5.41) is 7.41. The zero-order valence-electron chi connectivity index (χ0n) is 13.5. The Morgan fingerprint density at radius 3 is 2.88 bits per heavy atom. The van der Waals surface area contributed by atoms with Crippen molar-refractivity contribution in [3.05, 3.63) is 53.1 Å². The summed E-state index contributed by atoms with van der Waals surface area (Å²) in [4.78, 5) is 33.0. The summed E-state index contributed by atoms with van der Waals surface area (Å²) in [6.45, 7) is 4.35. The van der Waals surface area contributed by atoms with Gasteiger partial charge in [0.15, 0.2) is 0 Å². The average molecular weight is 326 g/mol. The molecule has 124 valence electrons. The van der Waals surface area contributed by atoms with Gasteiger partial charge in [-0.1, -0.05) is 12.1 Å². The number of rotatable bonds is 5. The molecule has 1 amide bonds. The van der Waals surface area contributed by atoms with Gasteiger partial charge in [0.2, 0.25) is 5.91 Å². The molecular weight excluding hydrogens is 308 g/mol. The highest BCUT2D eigenvalue weighted by Gasteiger charge is 2.16. The second-order valence-electron chi connectivity index (χ2n) is 5.42. The number of hydrogen-bond donors (Lipinski definition) is 1. The molecule has 1 N–H and O–H groups in total. The zero-order valence-corrected chi connectivity index (χ0v) is 13.5. The molecule has 0 radical (unpaired) electrons. The number of hydrogen-bond acceptors (Lipinski definition) is 5. The van der Waals surface area contributed by atoms with Gasteiger partial charge in [0, 0.05) is 6.54 Å². The molecule has 1 aromatic carbocycles. The number of carbonyl (C=O) groups excluding carboxylic acids is 1. The van der Waals surface area contributed by atoms with Gasteiger partial charge < -0.3 is 5.32 Å². The molecule has 8 heteroatoms. The summed E-state index contributed by atoms with van der Waals surface area (Å²) in [5.74, 6) is 0.391. The summed E-state index contributed by atoms with van der Waals surface area (Å²) in [5.41, 5.74) is 0.378. The fourth-order valence-corrected chi connectivity index (χ4v) is 2.58. The first-order valence-electron chi connectivity index (χ1n) is 7.71. The first-order chi connectivity index (χ1) is 11.6. The molecule has 8 nitrogen and oxygen atoms in total. The van der Waals surface area contributed by atoms with Crippen LogP contribution < -0.4 is 10.9 Å². The Morgan fingerprint density at radius 1 is 1.29 bits per heavy atom. The molecule has 1 unspecified atom stereocenters. The van der Waals surface area contributed by atoms with Crippen LogP contribution in [0.2, 0.25) is 0 Å². The summed E-state index contributed by atoms with van der Waals surface area (Å²) in [6.07, 6.45) is 2.85. The Bertz CT molecular complexity index is 929. The van der Waals surface area contributed by atoms with Crippen LogP contribution >= 0.6 is 0 Å². The smallest absolute Gasteiger partial charge is 0.261 e. The predicted molar refractivity (Wildman–Crippen MR) is 88.3 cm³/mol. The van der Waals surface area contributed by atoms with E-state index in [2.05, 4.69) is 20.4 Å². The minimum absolute atomic E-state index is 0.0960. The largest absolute Gasteiger partial charge is 0.345 e. The third-order valence-electron chi connectivity index (χ3n) is 3.76. The second kappa shape index (κ2) is 6.61. The number of aryl methyl sites for hydroxylation is 1. The second-order valence-corrected chi connectivity index (χ2v) is 5.42. The highest BCUT2D eigenvalue weighted by molar-refractivity contribution is 5.79. The van der Waals surface area contributed by atoms with Gasteiger partial charge in [-0.2, -0.15) is 5.10 Å². The number of para-hydroxylation sites is 1. The highest BCUT2D eigenvalue weighted by atomic mass is 16.2. The Morgan fingerprint density at radius 2 is 2.08 bits per heavy atom. The Kier molecular flexibility index (Phi) is 4.37. The van der Waals surface area contributed by atoms with E-state index in [4.69, 9.17) is 0 Å². The molecule has 3 aromatic rings. The van der Waals surface area contributed by atoms with Crippen molar-refractivity contribution < 1.29 is 4.79 Å². The van der Waals surface area contributed by atoms with Crippen LogP contribution in [0.4, 0.5) is 0 Å². The Labute approximate surface area is 138 Å². The van der Waals surface area contributed by atoms with Crippen molar-refractivity contribution >= 4 is 16.8 Å². The maximum Gasteiger partial charge on any atom is 0.261 e. The van der Waals surface area contributed by atoms with Crippen LogP contribution in [0, 0.1) is 0 Å². The lowest BCUT2D eigenvalue weighted by Crippen LogP contribution is -2.34. The van der Waals surface area contributed by atoms with E-state index in [1.807, 2.05) is 19.9 Å². The molecule has 2 aromatic heterocycles. The number of fused-ring (bicyclic) bond motifs is 1. The summed E-state index contributed by atoms with van der Waals surface area (Å²) < 4.78 is 3.02. The third-order valence-corrected chi connectivity index (χ3v) is 3.76. The summed E-state index contributed by atoms with van der Waals surface area (Å²) in [6, 6.07) is 6.75. The number of amides is 1. The van der Waals surface area contributed by atoms with E-state index < -0.39 is 0 Å². The monoisotopic (exact) mass is 326 g/mol.